The fourth-order valence-corrected chi connectivity index (χ4v) is 9.30. The number of imidazole rings is 1. The summed E-state index contributed by atoms with van der Waals surface area (Å²) < 4.78 is 2.26. The van der Waals surface area contributed by atoms with E-state index < -0.39 is 0 Å². The van der Waals surface area contributed by atoms with E-state index in [1.807, 2.05) is 0 Å². The zero-order chi connectivity index (χ0) is 37.4. The molecule has 1 heterocycles. The average Bonchev–Trinajstić information content (AvgIpc) is 3.75. The molecule has 0 saturated carbocycles. The first kappa shape index (κ1) is 32.4. The second-order valence-corrected chi connectivity index (χ2v) is 15.5. The lowest BCUT2D eigenvalue weighted by Crippen LogP contribution is -2.14. The summed E-state index contributed by atoms with van der Waals surface area (Å²) in [5.41, 5.74) is 17.0. The monoisotopic (exact) mass is 714 g/mol. The van der Waals surface area contributed by atoms with Gasteiger partial charge >= 0.3 is 0 Å². The van der Waals surface area contributed by atoms with Crippen molar-refractivity contribution in [2.75, 3.05) is 0 Å². The first-order chi connectivity index (χ1) is 27.5. The van der Waals surface area contributed by atoms with E-state index in [2.05, 4.69) is 213 Å². The molecule has 264 valence electrons. The molecule has 0 fully saturated rings. The summed E-state index contributed by atoms with van der Waals surface area (Å²) in [5, 5.41) is 5.08. The van der Waals surface area contributed by atoms with Crippen molar-refractivity contribution >= 4 is 32.6 Å². The van der Waals surface area contributed by atoms with Crippen LogP contribution in [0.5, 0.6) is 0 Å². The van der Waals surface area contributed by atoms with E-state index in [1.165, 1.54) is 77.2 Å². The Hall–Kier alpha value is -7.03. The van der Waals surface area contributed by atoms with E-state index in [1.54, 1.807) is 0 Å². The van der Waals surface area contributed by atoms with Gasteiger partial charge in [0.05, 0.1) is 11.0 Å². The molecule has 9 aromatic carbocycles. The first-order valence-corrected chi connectivity index (χ1v) is 19.5. The molecule has 0 unspecified atom stereocenters. The van der Waals surface area contributed by atoms with Gasteiger partial charge in [0, 0.05) is 16.7 Å². The van der Waals surface area contributed by atoms with Gasteiger partial charge in [-0.15, -0.1) is 0 Å². The first-order valence-electron chi connectivity index (χ1n) is 19.5. The molecule has 0 saturated heterocycles. The molecule has 56 heavy (non-hydrogen) atoms. The smallest absolute Gasteiger partial charge is 0.145 e. The number of para-hydroxylation sites is 3. The molecule has 0 aliphatic heterocycles. The third kappa shape index (κ3) is 4.92. The second kappa shape index (κ2) is 12.5. The summed E-state index contributed by atoms with van der Waals surface area (Å²) in [6, 6.07) is 70.8. The molecule has 1 aliphatic carbocycles. The Bertz CT molecular complexity index is 3120. The van der Waals surface area contributed by atoms with E-state index >= 15 is 0 Å². The van der Waals surface area contributed by atoms with Crippen molar-refractivity contribution in [2.24, 2.45) is 0 Å². The number of rotatable bonds is 5. The Morgan fingerprint density at radius 2 is 0.946 bits per heavy atom. The van der Waals surface area contributed by atoms with Crippen molar-refractivity contribution in [1.82, 2.24) is 9.55 Å². The predicted octanol–water partition coefficient (Wildman–Crippen LogP) is 14.3. The maximum Gasteiger partial charge on any atom is 0.145 e. The van der Waals surface area contributed by atoms with Crippen LogP contribution < -0.4 is 0 Å². The van der Waals surface area contributed by atoms with Crippen molar-refractivity contribution in [2.45, 2.75) is 19.3 Å². The number of fused-ring (bicyclic) bond motifs is 6. The third-order valence-corrected chi connectivity index (χ3v) is 12.0. The van der Waals surface area contributed by atoms with Gasteiger partial charge in [-0.2, -0.15) is 0 Å². The van der Waals surface area contributed by atoms with Gasteiger partial charge in [-0.3, -0.25) is 4.57 Å². The zero-order valence-corrected chi connectivity index (χ0v) is 31.4. The van der Waals surface area contributed by atoms with Crippen molar-refractivity contribution in [1.29, 1.82) is 0 Å². The average molecular weight is 715 g/mol. The quantitative estimate of drug-likeness (QED) is 0.162. The van der Waals surface area contributed by atoms with E-state index in [9.17, 15) is 0 Å². The molecular formula is C54H38N2. The standard InChI is InChI=1S/C54H38N2/c1-54(2)47-23-13-12-22-41(47)43-33-45-46(34-48(43)54)52(37-18-8-4-9-19-37)44-32-39(30-31-42(44)51(45)36-16-6-3-7-17-36)35-26-28-38(29-27-35)53-55-49-24-14-15-25-50(49)56(53)40-20-10-5-11-21-40/h3-34H,1-2H3. The number of hydrogen-bond acceptors (Lipinski definition) is 1. The van der Waals surface area contributed by atoms with E-state index in [-0.39, 0.29) is 5.41 Å². The maximum atomic E-state index is 5.13. The molecule has 10 aromatic rings. The number of benzene rings is 9. The molecule has 1 aromatic heterocycles. The van der Waals surface area contributed by atoms with Crippen LogP contribution >= 0.6 is 0 Å². The minimum atomic E-state index is -0.111. The molecule has 0 amide bonds. The van der Waals surface area contributed by atoms with Gasteiger partial charge in [-0.25, -0.2) is 4.98 Å². The molecule has 1 aliphatic rings. The van der Waals surface area contributed by atoms with Crippen LogP contribution in [0.15, 0.2) is 194 Å². The Morgan fingerprint density at radius 3 is 1.68 bits per heavy atom. The number of hydrogen-bond donors (Lipinski definition) is 0. The van der Waals surface area contributed by atoms with Crippen LogP contribution in [-0.2, 0) is 5.41 Å². The fourth-order valence-electron chi connectivity index (χ4n) is 9.30. The minimum absolute atomic E-state index is 0.111. The lowest BCUT2D eigenvalue weighted by atomic mass is 9.79. The Labute approximate surface area is 327 Å². The summed E-state index contributed by atoms with van der Waals surface area (Å²) in [5.74, 6) is 0.936. The Balaban J connectivity index is 1.15. The van der Waals surface area contributed by atoms with Crippen LogP contribution in [-0.4, -0.2) is 9.55 Å². The minimum Gasteiger partial charge on any atom is -0.292 e. The molecule has 0 bridgehead atoms. The van der Waals surface area contributed by atoms with Crippen LogP contribution in [0.3, 0.4) is 0 Å². The zero-order valence-electron chi connectivity index (χ0n) is 31.4. The summed E-state index contributed by atoms with van der Waals surface area (Å²) >= 11 is 0. The molecule has 0 spiro atoms. The Morgan fingerprint density at radius 1 is 0.393 bits per heavy atom. The molecule has 0 atom stereocenters. The van der Waals surface area contributed by atoms with Gasteiger partial charge in [0.2, 0.25) is 0 Å². The van der Waals surface area contributed by atoms with Gasteiger partial charge in [0.1, 0.15) is 5.82 Å². The highest BCUT2D eigenvalue weighted by molar-refractivity contribution is 6.23. The van der Waals surface area contributed by atoms with Gasteiger partial charge in [0.25, 0.3) is 0 Å². The fraction of sp³-hybridized carbons (Fsp3) is 0.0556. The highest BCUT2D eigenvalue weighted by Crippen LogP contribution is 2.53. The normalized spacial score (nSPS) is 13.0. The van der Waals surface area contributed by atoms with E-state index in [0.29, 0.717) is 0 Å². The topological polar surface area (TPSA) is 17.8 Å². The Kier molecular flexibility index (Phi) is 7.24. The lowest BCUT2D eigenvalue weighted by Gasteiger charge is -2.24. The van der Waals surface area contributed by atoms with Crippen molar-refractivity contribution < 1.29 is 0 Å². The molecule has 2 nitrogen and oxygen atoms in total. The van der Waals surface area contributed by atoms with E-state index in [4.69, 9.17) is 4.98 Å². The van der Waals surface area contributed by atoms with Gasteiger partial charge in [-0.05, 0) is 120 Å². The summed E-state index contributed by atoms with van der Waals surface area (Å²) in [6.07, 6.45) is 0. The van der Waals surface area contributed by atoms with Crippen LogP contribution in [0, 0.1) is 0 Å². The largest absolute Gasteiger partial charge is 0.292 e. The lowest BCUT2D eigenvalue weighted by molar-refractivity contribution is 0.661. The van der Waals surface area contributed by atoms with Gasteiger partial charge < -0.3 is 0 Å². The van der Waals surface area contributed by atoms with Crippen molar-refractivity contribution in [3.63, 3.8) is 0 Å². The SMILES string of the molecule is CC1(C)c2ccccc2-c2cc3c(-c4ccccc4)c4ccc(-c5ccc(-c6nc7ccccc7n6-c6ccccc6)cc5)cc4c(-c4ccccc4)c3cc21. The summed E-state index contributed by atoms with van der Waals surface area (Å²) in [6.45, 7) is 4.75. The van der Waals surface area contributed by atoms with Crippen LogP contribution in [0.4, 0.5) is 0 Å². The second-order valence-electron chi connectivity index (χ2n) is 15.5. The van der Waals surface area contributed by atoms with Crippen LogP contribution in [0.25, 0.3) is 94.2 Å². The number of aromatic nitrogens is 2. The van der Waals surface area contributed by atoms with Crippen molar-refractivity contribution in [3.05, 3.63) is 205 Å². The predicted molar refractivity (Wildman–Crippen MR) is 235 cm³/mol. The van der Waals surface area contributed by atoms with Gasteiger partial charge in [0.15, 0.2) is 0 Å². The maximum absolute atomic E-state index is 5.13. The van der Waals surface area contributed by atoms with Crippen LogP contribution in [0.1, 0.15) is 25.0 Å². The molecular weight excluding hydrogens is 677 g/mol. The van der Waals surface area contributed by atoms with E-state index in [0.717, 1.165) is 28.1 Å². The van der Waals surface area contributed by atoms with Crippen LogP contribution in [0.2, 0.25) is 0 Å². The third-order valence-electron chi connectivity index (χ3n) is 12.0. The molecule has 2 heteroatoms. The summed E-state index contributed by atoms with van der Waals surface area (Å²) in [7, 11) is 0. The number of nitrogens with zero attached hydrogens (tertiary/aromatic N) is 2. The molecule has 0 N–H and O–H groups in total. The highest BCUT2D eigenvalue weighted by Gasteiger charge is 2.36. The van der Waals surface area contributed by atoms with Crippen molar-refractivity contribution in [3.8, 4) is 61.6 Å². The molecule has 0 radical (unpaired) electrons. The molecule has 11 rings (SSSR count). The summed E-state index contributed by atoms with van der Waals surface area (Å²) in [4.78, 5) is 5.13. The van der Waals surface area contributed by atoms with Gasteiger partial charge in [-0.1, -0.05) is 166 Å². The highest BCUT2D eigenvalue weighted by atomic mass is 15.1.